The molecule has 0 spiro atoms. The van der Waals surface area contributed by atoms with Crippen LogP contribution >= 0.6 is 0 Å². The van der Waals surface area contributed by atoms with E-state index in [2.05, 4.69) is 232 Å². The fraction of sp³-hybridized carbons (Fsp3) is 0. The molecule has 13 rings (SSSR count). The predicted octanol–water partition coefficient (Wildman–Crippen LogP) is 15.8. The van der Waals surface area contributed by atoms with Gasteiger partial charge in [-0.2, -0.15) is 0 Å². The van der Waals surface area contributed by atoms with E-state index >= 15 is 0 Å². The van der Waals surface area contributed by atoms with Gasteiger partial charge in [-0.3, -0.25) is 9.59 Å². The van der Waals surface area contributed by atoms with Gasteiger partial charge in [-0.1, -0.05) is 133 Å². The topological polar surface area (TPSA) is 50.5 Å². The van der Waals surface area contributed by atoms with E-state index in [4.69, 9.17) is 0 Å². The fourth-order valence-electron chi connectivity index (χ4n) is 10.3. The Hall–Kier alpha value is -9.52. The third-order valence-corrected chi connectivity index (χ3v) is 13.7. The number of nitrogens with zero attached hydrogens (tertiary/aromatic N) is 4. The van der Waals surface area contributed by atoms with Gasteiger partial charge in [0, 0.05) is 62.1 Å². The summed E-state index contributed by atoms with van der Waals surface area (Å²) in [5, 5.41) is 4.88. The van der Waals surface area contributed by atoms with Crippen LogP contribution in [-0.2, 0) is 9.59 Å². The highest BCUT2D eigenvalue weighted by Gasteiger charge is 2.25. The molecular formula is C64H42N4O2. The van der Waals surface area contributed by atoms with Gasteiger partial charge >= 0.3 is 0 Å². The second-order valence-electron chi connectivity index (χ2n) is 17.7. The molecule has 0 bridgehead atoms. The summed E-state index contributed by atoms with van der Waals surface area (Å²) in [4.78, 5) is 28.2. The van der Waals surface area contributed by atoms with Crippen molar-refractivity contribution >= 4 is 78.2 Å². The van der Waals surface area contributed by atoms with Crippen molar-refractivity contribution in [3.8, 4) is 44.8 Å². The largest absolute Gasteiger partial charge is 0.311 e. The Morgan fingerprint density at radius 1 is 0.271 bits per heavy atom. The lowest BCUT2D eigenvalue weighted by Crippen LogP contribution is -2.29. The van der Waals surface area contributed by atoms with Crippen LogP contribution in [0.4, 0.5) is 22.7 Å². The molecule has 0 saturated heterocycles. The maximum atomic E-state index is 12.3. The van der Waals surface area contributed by atoms with E-state index in [1.165, 1.54) is 60.7 Å². The SMILES string of the molecule is O=C1C=CC(=O)N1c1ccc(-c2ccc(N(c3ccc(-c4ccc5c(c4)c4ccccc4n5-c4ccccc4)cc3)c3ccc(-c4ccc5c(c4)c4ccccc4n5-c4ccccc4)cc3)cc2)cc1. The van der Waals surface area contributed by atoms with Crippen LogP contribution in [0.25, 0.3) is 88.4 Å². The first-order valence-electron chi connectivity index (χ1n) is 23.5. The normalized spacial score (nSPS) is 12.5. The number of benzene rings is 10. The third-order valence-electron chi connectivity index (χ3n) is 13.7. The van der Waals surface area contributed by atoms with Gasteiger partial charge in [0.25, 0.3) is 11.8 Å². The van der Waals surface area contributed by atoms with E-state index in [1.807, 2.05) is 24.3 Å². The Morgan fingerprint density at radius 2 is 0.600 bits per heavy atom. The molecule has 0 N–H and O–H groups in total. The molecule has 1 aliphatic heterocycles. The van der Waals surface area contributed by atoms with E-state index in [1.54, 1.807) is 0 Å². The van der Waals surface area contributed by atoms with Gasteiger partial charge in [0.05, 0.1) is 27.8 Å². The molecule has 12 aromatic rings. The lowest BCUT2D eigenvalue weighted by molar-refractivity contribution is -0.119. The number of amides is 2. The first-order valence-corrected chi connectivity index (χ1v) is 23.5. The van der Waals surface area contributed by atoms with E-state index in [-0.39, 0.29) is 11.8 Å². The predicted molar refractivity (Wildman–Crippen MR) is 288 cm³/mol. The molecular weight excluding hydrogens is 857 g/mol. The van der Waals surface area contributed by atoms with Crippen LogP contribution in [-0.4, -0.2) is 20.9 Å². The highest BCUT2D eigenvalue weighted by molar-refractivity contribution is 6.28. The molecule has 330 valence electrons. The van der Waals surface area contributed by atoms with Crippen molar-refractivity contribution in [1.29, 1.82) is 0 Å². The molecule has 0 unspecified atom stereocenters. The van der Waals surface area contributed by atoms with Gasteiger partial charge in [0.2, 0.25) is 0 Å². The highest BCUT2D eigenvalue weighted by atomic mass is 16.2. The molecule has 0 radical (unpaired) electrons. The van der Waals surface area contributed by atoms with E-state index < -0.39 is 0 Å². The van der Waals surface area contributed by atoms with Crippen molar-refractivity contribution in [1.82, 2.24) is 9.13 Å². The van der Waals surface area contributed by atoms with Gasteiger partial charge in [-0.05, 0) is 143 Å². The monoisotopic (exact) mass is 898 g/mol. The number of fused-ring (bicyclic) bond motifs is 6. The minimum absolute atomic E-state index is 0.329. The zero-order valence-corrected chi connectivity index (χ0v) is 37.9. The summed E-state index contributed by atoms with van der Waals surface area (Å²) in [7, 11) is 0. The number of carbonyl (C=O) groups is 2. The number of anilines is 4. The minimum atomic E-state index is -0.329. The van der Waals surface area contributed by atoms with Crippen LogP contribution in [0.3, 0.4) is 0 Å². The standard InChI is InChI=1S/C64H42N4O2/c69-63-39-40-64(70)68(63)54-35-21-44(22-36-54)43-19-29-51(30-20-43)65(52-31-23-45(24-32-52)47-27-37-61-57(41-47)55-15-7-9-17-59(55)66(61)49-11-3-1-4-12-49)53-33-25-46(26-34-53)48-28-38-62-58(42-48)56-16-8-10-18-60(56)67(62)50-13-5-2-6-14-50/h1-42H. The molecule has 1 aliphatic rings. The lowest BCUT2D eigenvalue weighted by atomic mass is 10.0. The van der Waals surface area contributed by atoms with Gasteiger partial charge in [0.1, 0.15) is 0 Å². The molecule has 3 heterocycles. The zero-order chi connectivity index (χ0) is 46.7. The Bertz CT molecular complexity index is 3780. The van der Waals surface area contributed by atoms with E-state index in [9.17, 15) is 9.59 Å². The number of hydrogen-bond acceptors (Lipinski definition) is 3. The van der Waals surface area contributed by atoms with E-state index in [0.717, 1.165) is 61.8 Å². The summed E-state index contributed by atoms with van der Waals surface area (Å²) in [6.07, 6.45) is 2.61. The molecule has 6 heteroatoms. The van der Waals surface area contributed by atoms with Gasteiger partial charge in [-0.15, -0.1) is 0 Å². The van der Waals surface area contributed by atoms with Gasteiger partial charge < -0.3 is 14.0 Å². The first-order chi connectivity index (χ1) is 34.5. The number of carbonyl (C=O) groups excluding carboxylic acids is 2. The second-order valence-corrected chi connectivity index (χ2v) is 17.7. The summed E-state index contributed by atoms with van der Waals surface area (Å²) in [5.41, 5.74) is 17.2. The summed E-state index contributed by atoms with van der Waals surface area (Å²) in [6, 6.07) is 85.8. The highest BCUT2D eigenvalue weighted by Crippen LogP contribution is 2.41. The summed E-state index contributed by atoms with van der Waals surface area (Å²) < 4.78 is 4.70. The van der Waals surface area contributed by atoms with Crippen LogP contribution in [0.2, 0.25) is 0 Å². The Morgan fingerprint density at radius 3 is 1.01 bits per heavy atom. The molecule has 70 heavy (non-hydrogen) atoms. The molecule has 2 amide bonds. The van der Waals surface area contributed by atoms with Crippen LogP contribution in [0.15, 0.2) is 255 Å². The van der Waals surface area contributed by atoms with Gasteiger partial charge in [0.15, 0.2) is 0 Å². The van der Waals surface area contributed by atoms with E-state index in [0.29, 0.717) is 5.69 Å². The zero-order valence-electron chi connectivity index (χ0n) is 37.9. The minimum Gasteiger partial charge on any atom is -0.311 e. The number of hydrogen-bond donors (Lipinski definition) is 0. The van der Waals surface area contributed by atoms with Crippen LogP contribution in [0, 0.1) is 0 Å². The van der Waals surface area contributed by atoms with Crippen molar-refractivity contribution in [3.05, 3.63) is 255 Å². The van der Waals surface area contributed by atoms with Crippen molar-refractivity contribution in [2.24, 2.45) is 0 Å². The molecule has 10 aromatic carbocycles. The molecule has 2 aromatic heterocycles. The second kappa shape index (κ2) is 16.7. The maximum absolute atomic E-state index is 12.3. The summed E-state index contributed by atoms with van der Waals surface area (Å²) >= 11 is 0. The quantitative estimate of drug-likeness (QED) is 0.136. The lowest BCUT2D eigenvalue weighted by Gasteiger charge is -2.26. The summed E-state index contributed by atoms with van der Waals surface area (Å²) in [6.45, 7) is 0. The van der Waals surface area contributed by atoms with Crippen molar-refractivity contribution in [2.45, 2.75) is 0 Å². The van der Waals surface area contributed by atoms with Crippen LogP contribution in [0.1, 0.15) is 0 Å². The Kier molecular flexibility index (Phi) is 9.70. The maximum Gasteiger partial charge on any atom is 0.258 e. The number of aromatic nitrogens is 2. The number of rotatable bonds is 9. The van der Waals surface area contributed by atoms with Crippen molar-refractivity contribution in [2.75, 3.05) is 9.80 Å². The Balaban J connectivity index is 0.864. The average Bonchev–Trinajstić information content (AvgIpc) is 4.07. The first kappa shape index (κ1) is 40.7. The van der Waals surface area contributed by atoms with Crippen LogP contribution in [0.5, 0.6) is 0 Å². The molecule has 0 fully saturated rings. The number of para-hydroxylation sites is 4. The third kappa shape index (κ3) is 6.89. The number of imide groups is 1. The smallest absolute Gasteiger partial charge is 0.258 e. The van der Waals surface area contributed by atoms with Crippen molar-refractivity contribution < 1.29 is 9.59 Å². The summed E-state index contributed by atoms with van der Waals surface area (Å²) in [5.74, 6) is -0.658. The fourth-order valence-corrected chi connectivity index (χ4v) is 10.3. The average molecular weight is 899 g/mol. The molecule has 6 nitrogen and oxygen atoms in total. The molecule has 0 aliphatic carbocycles. The Labute approximate surface area is 404 Å². The van der Waals surface area contributed by atoms with Crippen LogP contribution < -0.4 is 9.80 Å². The molecule has 0 atom stereocenters. The van der Waals surface area contributed by atoms with Crippen molar-refractivity contribution in [3.63, 3.8) is 0 Å². The van der Waals surface area contributed by atoms with Gasteiger partial charge in [-0.25, -0.2) is 4.90 Å². The molecule has 0 saturated carbocycles.